The van der Waals surface area contributed by atoms with Gasteiger partial charge in [0.05, 0.1) is 16.8 Å². The van der Waals surface area contributed by atoms with E-state index >= 15 is 0 Å². The molecule has 0 saturated heterocycles. The lowest BCUT2D eigenvalue weighted by Crippen LogP contribution is -2.44. The minimum atomic E-state index is -0.513. The van der Waals surface area contributed by atoms with Crippen LogP contribution in [-0.2, 0) is 9.47 Å². The number of halogens is 1. The van der Waals surface area contributed by atoms with Crippen molar-refractivity contribution in [3.05, 3.63) is 66.0 Å². The standard InChI is InChI=1S/C28H32FN3O4/c1-28(2,3)36-27(34)31-23-12-10-22(11-13-23)30-17-35-26(33)20-7-15-25-19(16-20)6-14-24(32-25)18-4-8-21(29)9-5-18/h4-9,14-16,22-23,30H,10-13,17H2,1-3H3,(H,31,34). The van der Waals surface area contributed by atoms with Gasteiger partial charge in [0.15, 0.2) is 0 Å². The second-order valence-electron chi connectivity index (χ2n) is 10.1. The molecular formula is C28H32FN3O4. The van der Waals surface area contributed by atoms with Crippen LogP contribution in [0, 0.1) is 5.82 Å². The maximum Gasteiger partial charge on any atom is 0.407 e. The molecule has 0 spiro atoms. The van der Waals surface area contributed by atoms with Gasteiger partial charge in [0.2, 0.25) is 0 Å². The van der Waals surface area contributed by atoms with Crippen molar-refractivity contribution < 1.29 is 23.5 Å². The Kier molecular flexibility index (Phi) is 7.84. The monoisotopic (exact) mass is 493 g/mol. The molecule has 7 nitrogen and oxygen atoms in total. The third-order valence-electron chi connectivity index (χ3n) is 6.09. The maximum atomic E-state index is 13.2. The van der Waals surface area contributed by atoms with Gasteiger partial charge in [0.25, 0.3) is 0 Å². The lowest BCUT2D eigenvalue weighted by atomic mass is 9.91. The zero-order valence-corrected chi connectivity index (χ0v) is 20.8. The molecule has 1 saturated carbocycles. The van der Waals surface area contributed by atoms with Gasteiger partial charge in [-0.2, -0.15) is 0 Å². The Bertz CT molecular complexity index is 1220. The number of hydrogen-bond acceptors (Lipinski definition) is 6. The number of pyridine rings is 1. The van der Waals surface area contributed by atoms with Crippen molar-refractivity contribution in [2.24, 2.45) is 0 Å². The Hall–Kier alpha value is -3.52. The molecule has 0 unspecified atom stereocenters. The summed E-state index contributed by atoms with van der Waals surface area (Å²) >= 11 is 0. The van der Waals surface area contributed by atoms with E-state index in [0.29, 0.717) is 5.56 Å². The number of rotatable bonds is 6. The van der Waals surface area contributed by atoms with Gasteiger partial charge in [-0.05, 0) is 95.0 Å². The lowest BCUT2D eigenvalue weighted by Gasteiger charge is -2.30. The number of amides is 1. The molecule has 2 aromatic carbocycles. The number of fused-ring (bicyclic) bond motifs is 1. The van der Waals surface area contributed by atoms with Gasteiger partial charge < -0.3 is 14.8 Å². The van der Waals surface area contributed by atoms with Gasteiger partial charge in [-0.3, -0.25) is 5.32 Å². The third-order valence-corrected chi connectivity index (χ3v) is 6.09. The molecule has 36 heavy (non-hydrogen) atoms. The molecule has 0 radical (unpaired) electrons. The lowest BCUT2D eigenvalue weighted by molar-refractivity contribution is 0.0426. The second kappa shape index (κ2) is 11.0. The summed E-state index contributed by atoms with van der Waals surface area (Å²) in [4.78, 5) is 29.1. The van der Waals surface area contributed by atoms with Crippen LogP contribution in [0.25, 0.3) is 22.2 Å². The van der Waals surface area contributed by atoms with Crippen molar-refractivity contribution in [3.8, 4) is 11.3 Å². The molecule has 0 atom stereocenters. The number of alkyl carbamates (subject to hydrolysis) is 1. The van der Waals surface area contributed by atoms with Crippen LogP contribution in [0.2, 0.25) is 0 Å². The predicted molar refractivity (Wildman–Crippen MR) is 136 cm³/mol. The number of hydrogen-bond donors (Lipinski definition) is 2. The number of nitrogens with zero attached hydrogens (tertiary/aromatic N) is 1. The van der Waals surface area contributed by atoms with Crippen LogP contribution >= 0.6 is 0 Å². The summed E-state index contributed by atoms with van der Waals surface area (Å²) in [6.45, 7) is 5.65. The highest BCUT2D eigenvalue weighted by Crippen LogP contribution is 2.23. The smallest absolute Gasteiger partial charge is 0.407 e. The minimum Gasteiger partial charge on any atom is -0.446 e. The van der Waals surface area contributed by atoms with E-state index in [-0.39, 0.29) is 30.7 Å². The number of carbonyl (C=O) groups is 2. The first-order chi connectivity index (χ1) is 17.2. The fourth-order valence-electron chi connectivity index (χ4n) is 4.26. The fourth-order valence-corrected chi connectivity index (χ4v) is 4.26. The molecule has 8 heteroatoms. The molecule has 1 heterocycles. The van der Waals surface area contributed by atoms with E-state index in [1.54, 1.807) is 30.3 Å². The largest absolute Gasteiger partial charge is 0.446 e. The highest BCUT2D eigenvalue weighted by atomic mass is 19.1. The quantitative estimate of drug-likeness (QED) is 0.344. The van der Waals surface area contributed by atoms with Crippen LogP contribution in [0.4, 0.5) is 9.18 Å². The average Bonchev–Trinajstić information content (AvgIpc) is 2.83. The van der Waals surface area contributed by atoms with Crippen molar-refractivity contribution in [3.63, 3.8) is 0 Å². The Balaban J connectivity index is 1.24. The molecule has 0 bridgehead atoms. The zero-order chi connectivity index (χ0) is 25.7. The molecule has 0 aliphatic heterocycles. The molecule has 1 fully saturated rings. The summed E-state index contributed by atoms with van der Waals surface area (Å²) in [6.07, 6.45) is 3.03. The molecule has 1 amide bonds. The van der Waals surface area contributed by atoms with Gasteiger partial charge in [-0.1, -0.05) is 6.07 Å². The molecule has 1 aromatic heterocycles. The molecule has 1 aliphatic rings. The van der Waals surface area contributed by atoms with Gasteiger partial charge in [0, 0.05) is 23.0 Å². The minimum absolute atomic E-state index is 0.0928. The van der Waals surface area contributed by atoms with Gasteiger partial charge in [-0.25, -0.2) is 19.0 Å². The Morgan fingerprint density at radius 3 is 2.36 bits per heavy atom. The van der Waals surface area contributed by atoms with E-state index in [9.17, 15) is 14.0 Å². The number of nitrogens with one attached hydrogen (secondary N) is 2. The van der Waals surface area contributed by atoms with Crippen LogP contribution in [0.3, 0.4) is 0 Å². The second-order valence-corrected chi connectivity index (χ2v) is 10.1. The summed E-state index contributed by atoms with van der Waals surface area (Å²) in [5, 5.41) is 7.02. The number of benzene rings is 2. The van der Waals surface area contributed by atoms with Crippen molar-refractivity contribution >= 4 is 23.0 Å². The van der Waals surface area contributed by atoms with E-state index in [2.05, 4.69) is 15.6 Å². The molecule has 3 aromatic rings. The van der Waals surface area contributed by atoms with Gasteiger partial charge in [0.1, 0.15) is 18.1 Å². The number of aromatic nitrogens is 1. The van der Waals surface area contributed by atoms with E-state index in [0.717, 1.165) is 47.8 Å². The van der Waals surface area contributed by atoms with Crippen molar-refractivity contribution in [1.82, 2.24) is 15.6 Å². The Morgan fingerprint density at radius 2 is 1.67 bits per heavy atom. The number of ether oxygens (including phenoxy) is 2. The summed E-state index contributed by atoms with van der Waals surface area (Å²) in [7, 11) is 0. The topological polar surface area (TPSA) is 89.5 Å². The molecule has 1 aliphatic carbocycles. The van der Waals surface area contributed by atoms with Crippen molar-refractivity contribution in [2.75, 3.05) is 6.73 Å². The molecule has 190 valence electrons. The molecule has 4 rings (SSSR count). The van der Waals surface area contributed by atoms with Crippen molar-refractivity contribution in [2.45, 2.75) is 64.1 Å². The Morgan fingerprint density at radius 1 is 0.972 bits per heavy atom. The highest BCUT2D eigenvalue weighted by Gasteiger charge is 2.24. The third kappa shape index (κ3) is 7.01. The van der Waals surface area contributed by atoms with E-state index in [4.69, 9.17) is 9.47 Å². The number of carbonyl (C=O) groups excluding carboxylic acids is 2. The van der Waals surface area contributed by atoms with Crippen LogP contribution in [0.15, 0.2) is 54.6 Å². The summed E-state index contributed by atoms with van der Waals surface area (Å²) < 4.78 is 23.9. The first kappa shape index (κ1) is 25.6. The van der Waals surface area contributed by atoms with Crippen molar-refractivity contribution in [1.29, 1.82) is 0 Å². The van der Waals surface area contributed by atoms with Gasteiger partial charge >= 0.3 is 12.1 Å². The van der Waals surface area contributed by atoms with Gasteiger partial charge in [-0.15, -0.1) is 0 Å². The Labute approximate surface area is 210 Å². The zero-order valence-electron chi connectivity index (χ0n) is 20.8. The maximum absolute atomic E-state index is 13.2. The van der Waals surface area contributed by atoms with Crippen LogP contribution < -0.4 is 10.6 Å². The highest BCUT2D eigenvalue weighted by molar-refractivity contribution is 5.94. The molecule has 2 N–H and O–H groups in total. The SMILES string of the molecule is CC(C)(C)OC(=O)NC1CCC(NCOC(=O)c2ccc3nc(-c4ccc(F)cc4)ccc3c2)CC1. The first-order valence-corrected chi connectivity index (χ1v) is 12.2. The van der Waals surface area contributed by atoms with Crippen LogP contribution in [0.1, 0.15) is 56.8 Å². The average molecular weight is 494 g/mol. The normalized spacial score (nSPS) is 18.0. The summed E-state index contributed by atoms with van der Waals surface area (Å²) in [5.74, 6) is -0.702. The van der Waals surface area contributed by atoms with Crippen LogP contribution in [-0.4, -0.2) is 41.5 Å². The summed E-state index contributed by atoms with van der Waals surface area (Å²) in [6, 6.07) is 15.5. The molecular weight excluding hydrogens is 461 g/mol. The summed E-state index contributed by atoms with van der Waals surface area (Å²) in [5.41, 5.74) is 2.23. The predicted octanol–water partition coefficient (Wildman–Crippen LogP) is 5.58. The van der Waals surface area contributed by atoms with E-state index in [1.807, 2.05) is 32.9 Å². The van der Waals surface area contributed by atoms with E-state index in [1.165, 1.54) is 12.1 Å². The van der Waals surface area contributed by atoms with Crippen LogP contribution in [0.5, 0.6) is 0 Å². The first-order valence-electron chi connectivity index (χ1n) is 12.2. The van der Waals surface area contributed by atoms with E-state index < -0.39 is 11.6 Å². The number of esters is 1. The fraction of sp³-hybridized carbons (Fsp3) is 0.393.